The molecule has 2 aromatic rings. The SMILES string of the molecule is CNC(Cc1sccc1Br)c1ccccc1. The van der Waals surface area contributed by atoms with Crippen LogP contribution < -0.4 is 5.32 Å². The Hall–Kier alpha value is -0.640. The van der Waals surface area contributed by atoms with Gasteiger partial charge in [-0.1, -0.05) is 30.3 Å². The third-order valence-corrected chi connectivity index (χ3v) is 4.58. The predicted octanol–water partition coefficient (Wildman–Crippen LogP) is 4.01. The molecule has 1 aromatic carbocycles. The molecule has 1 heterocycles. The van der Waals surface area contributed by atoms with Crippen molar-refractivity contribution in [1.29, 1.82) is 0 Å². The first-order valence-corrected chi connectivity index (χ1v) is 6.92. The van der Waals surface area contributed by atoms with Gasteiger partial charge in [0.15, 0.2) is 0 Å². The molecule has 0 aliphatic carbocycles. The average Bonchev–Trinajstić information content (AvgIpc) is 2.73. The molecular formula is C13H14BrNS. The van der Waals surface area contributed by atoms with Crippen LogP contribution in [0.4, 0.5) is 0 Å². The fourth-order valence-corrected chi connectivity index (χ4v) is 3.29. The molecule has 16 heavy (non-hydrogen) atoms. The molecule has 1 nitrogen and oxygen atoms in total. The fourth-order valence-electron chi connectivity index (χ4n) is 1.73. The quantitative estimate of drug-likeness (QED) is 0.898. The van der Waals surface area contributed by atoms with Gasteiger partial charge in [-0.2, -0.15) is 0 Å². The van der Waals surface area contributed by atoms with Gasteiger partial charge < -0.3 is 5.32 Å². The van der Waals surface area contributed by atoms with E-state index in [0.717, 1.165) is 6.42 Å². The molecule has 1 aromatic heterocycles. The number of nitrogens with one attached hydrogen (secondary N) is 1. The molecule has 1 unspecified atom stereocenters. The maximum atomic E-state index is 3.58. The van der Waals surface area contributed by atoms with E-state index in [-0.39, 0.29) is 0 Å². The summed E-state index contributed by atoms with van der Waals surface area (Å²) in [4.78, 5) is 1.39. The fraction of sp³-hybridized carbons (Fsp3) is 0.231. The number of thiophene rings is 1. The smallest absolute Gasteiger partial charge is 0.0366 e. The van der Waals surface area contributed by atoms with Gasteiger partial charge in [0.1, 0.15) is 0 Å². The molecule has 0 bridgehead atoms. The Morgan fingerprint density at radius 1 is 1.25 bits per heavy atom. The minimum atomic E-state index is 0.385. The van der Waals surface area contributed by atoms with Crippen LogP contribution in [0.1, 0.15) is 16.5 Å². The van der Waals surface area contributed by atoms with E-state index in [1.807, 2.05) is 7.05 Å². The van der Waals surface area contributed by atoms with Crippen molar-refractivity contribution in [3.8, 4) is 0 Å². The minimum absolute atomic E-state index is 0.385. The Kier molecular flexibility index (Phi) is 4.16. The zero-order chi connectivity index (χ0) is 11.4. The molecule has 0 radical (unpaired) electrons. The van der Waals surface area contributed by atoms with Crippen molar-refractivity contribution < 1.29 is 0 Å². The van der Waals surface area contributed by atoms with E-state index >= 15 is 0 Å². The van der Waals surface area contributed by atoms with E-state index in [0.29, 0.717) is 6.04 Å². The van der Waals surface area contributed by atoms with Gasteiger partial charge >= 0.3 is 0 Å². The number of halogens is 1. The second-order valence-electron chi connectivity index (χ2n) is 3.65. The maximum Gasteiger partial charge on any atom is 0.0366 e. The zero-order valence-electron chi connectivity index (χ0n) is 9.11. The van der Waals surface area contributed by atoms with Crippen LogP contribution in [0.25, 0.3) is 0 Å². The molecule has 84 valence electrons. The molecule has 1 atom stereocenters. The van der Waals surface area contributed by atoms with E-state index in [2.05, 4.69) is 63.0 Å². The third-order valence-electron chi connectivity index (χ3n) is 2.63. The normalized spacial score (nSPS) is 12.6. The van der Waals surface area contributed by atoms with Gasteiger partial charge in [-0.3, -0.25) is 0 Å². The number of benzene rings is 1. The molecule has 0 aliphatic rings. The van der Waals surface area contributed by atoms with Crippen molar-refractivity contribution in [3.05, 3.63) is 56.7 Å². The molecule has 0 aliphatic heterocycles. The highest BCUT2D eigenvalue weighted by Gasteiger charge is 2.12. The van der Waals surface area contributed by atoms with Crippen molar-refractivity contribution in [3.63, 3.8) is 0 Å². The van der Waals surface area contributed by atoms with E-state index in [1.54, 1.807) is 11.3 Å². The van der Waals surface area contributed by atoms with Crippen LogP contribution in [0.2, 0.25) is 0 Å². The molecule has 0 amide bonds. The van der Waals surface area contributed by atoms with Crippen molar-refractivity contribution in [2.45, 2.75) is 12.5 Å². The van der Waals surface area contributed by atoms with Crippen molar-refractivity contribution in [2.75, 3.05) is 7.05 Å². The van der Waals surface area contributed by atoms with Gasteiger partial charge in [-0.15, -0.1) is 11.3 Å². The Labute approximate surface area is 109 Å². The van der Waals surface area contributed by atoms with E-state index in [9.17, 15) is 0 Å². The lowest BCUT2D eigenvalue weighted by Crippen LogP contribution is -2.18. The highest BCUT2D eigenvalue weighted by atomic mass is 79.9. The summed E-state index contributed by atoms with van der Waals surface area (Å²) in [5.41, 5.74) is 1.34. The summed E-state index contributed by atoms with van der Waals surface area (Å²) in [6, 6.07) is 13.1. The van der Waals surface area contributed by atoms with Crippen molar-refractivity contribution >= 4 is 27.3 Å². The van der Waals surface area contributed by atoms with Crippen molar-refractivity contribution in [2.24, 2.45) is 0 Å². The lowest BCUT2D eigenvalue weighted by Gasteiger charge is -2.15. The van der Waals surface area contributed by atoms with E-state index in [1.165, 1.54) is 14.9 Å². The summed E-state index contributed by atoms with van der Waals surface area (Å²) < 4.78 is 1.22. The summed E-state index contributed by atoms with van der Waals surface area (Å²) in [5, 5.41) is 5.49. The molecule has 0 saturated carbocycles. The lowest BCUT2D eigenvalue weighted by atomic mass is 10.0. The second kappa shape index (κ2) is 5.62. The topological polar surface area (TPSA) is 12.0 Å². The van der Waals surface area contributed by atoms with Crippen LogP contribution >= 0.6 is 27.3 Å². The summed E-state index contributed by atoms with van der Waals surface area (Å²) in [6.45, 7) is 0. The first-order valence-electron chi connectivity index (χ1n) is 5.25. The molecule has 1 N–H and O–H groups in total. The van der Waals surface area contributed by atoms with Gasteiger partial charge in [0.05, 0.1) is 0 Å². The van der Waals surface area contributed by atoms with Gasteiger partial charge in [-0.05, 0) is 40.0 Å². The highest BCUT2D eigenvalue weighted by molar-refractivity contribution is 9.10. The number of rotatable bonds is 4. The standard InChI is InChI=1S/C13H14BrNS/c1-15-12(10-5-3-2-4-6-10)9-13-11(14)7-8-16-13/h2-8,12,15H,9H2,1H3. The molecule has 2 rings (SSSR count). The zero-order valence-corrected chi connectivity index (χ0v) is 11.5. The molecule has 3 heteroatoms. The molecular weight excluding hydrogens is 282 g/mol. The Morgan fingerprint density at radius 2 is 2.00 bits per heavy atom. The van der Waals surface area contributed by atoms with Crippen LogP contribution in [-0.2, 0) is 6.42 Å². The number of hydrogen-bond acceptors (Lipinski definition) is 2. The van der Waals surface area contributed by atoms with Crippen molar-refractivity contribution in [1.82, 2.24) is 5.32 Å². The summed E-state index contributed by atoms with van der Waals surface area (Å²) in [7, 11) is 2.01. The Balaban J connectivity index is 2.16. The van der Waals surface area contributed by atoms with Gasteiger partial charge in [0, 0.05) is 21.8 Å². The van der Waals surface area contributed by atoms with Crippen LogP contribution in [0.3, 0.4) is 0 Å². The Morgan fingerprint density at radius 3 is 2.56 bits per heavy atom. The predicted molar refractivity (Wildman–Crippen MR) is 74.0 cm³/mol. The molecule has 0 spiro atoms. The average molecular weight is 296 g/mol. The van der Waals surface area contributed by atoms with Crippen LogP contribution in [0.15, 0.2) is 46.3 Å². The number of likely N-dealkylation sites (N-methyl/N-ethyl adjacent to an activating group) is 1. The van der Waals surface area contributed by atoms with E-state index in [4.69, 9.17) is 0 Å². The summed E-state index contributed by atoms with van der Waals surface area (Å²) in [5.74, 6) is 0. The largest absolute Gasteiger partial charge is 0.313 e. The maximum absolute atomic E-state index is 3.58. The number of hydrogen-bond donors (Lipinski definition) is 1. The third kappa shape index (κ3) is 2.73. The summed E-state index contributed by atoms with van der Waals surface area (Å²) in [6.07, 6.45) is 1.03. The van der Waals surface area contributed by atoms with Crippen LogP contribution in [0, 0.1) is 0 Å². The Bertz CT molecular complexity index is 438. The van der Waals surface area contributed by atoms with Crippen LogP contribution in [-0.4, -0.2) is 7.05 Å². The lowest BCUT2D eigenvalue weighted by molar-refractivity contribution is 0.596. The molecule has 0 fully saturated rings. The van der Waals surface area contributed by atoms with E-state index < -0.39 is 0 Å². The van der Waals surface area contributed by atoms with Gasteiger partial charge in [0.25, 0.3) is 0 Å². The van der Waals surface area contributed by atoms with Gasteiger partial charge in [-0.25, -0.2) is 0 Å². The first kappa shape index (κ1) is 11.8. The minimum Gasteiger partial charge on any atom is -0.313 e. The van der Waals surface area contributed by atoms with Crippen LogP contribution in [0.5, 0.6) is 0 Å². The molecule has 0 saturated heterocycles. The monoisotopic (exact) mass is 295 g/mol. The second-order valence-corrected chi connectivity index (χ2v) is 5.50. The summed E-state index contributed by atoms with van der Waals surface area (Å²) >= 11 is 5.38. The van der Waals surface area contributed by atoms with Gasteiger partial charge in [0.2, 0.25) is 0 Å². The highest BCUT2D eigenvalue weighted by Crippen LogP contribution is 2.27. The first-order chi connectivity index (χ1) is 7.81.